The second kappa shape index (κ2) is 6.88. The molecule has 0 N–H and O–H groups in total. The van der Waals surface area contributed by atoms with Crippen LogP contribution in [0.2, 0.25) is 0 Å². The van der Waals surface area contributed by atoms with Crippen molar-refractivity contribution in [2.24, 2.45) is 0 Å². The van der Waals surface area contributed by atoms with Crippen molar-refractivity contribution in [3.05, 3.63) is 77.4 Å². The first kappa shape index (κ1) is 17.3. The van der Waals surface area contributed by atoms with Gasteiger partial charge in [0.2, 0.25) is 0 Å². The van der Waals surface area contributed by atoms with E-state index in [9.17, 15) is 14.4 Å². The van der Waals surface area contributed by atoms with Gasteiger partial charge in [0.15, 0.2) is 0 Å². The SMILES string of the molecule is N#Cc1c(COC(=O)C2(c3cccc(F)c3)CCCC2)cn2ccccc12. The van der Waals surface area contributed by atoms with Gasteiger partial charge in [0.1, 0.15) is 18.5 Å². The molecule has 27 heavy (non-hydrogen) atoms. The number of pyridine rings is 1. The molecule has 0 unspecified atom stereocenters. The number of rotatable bonds is 4. The van der Waals surface area contributed by atoms with Gasteiger partial charge in [-0.2, -0.15) is 5.26 Å². The van der Waals surface area contributed by atoms with Gasteiger partial charge in [0.25, 0.3) is 0 Å². The van der Waals surface area contributed by atoms with E-state index in [-0.39, 0.29) is 18.4 Å². The van der Waals surface area contributed by atoms with Crippen molar-refractivity contribution in [2.45, 2.75) is 37.7 Å². The molecule has 2 aromatic heterocycles. The molecule has 4 rings (SSSR count). The van der Waals surface area contributed by atoms with E-state index >= 15 is 0 Å². The fourth-order valence-electron chi connectivity index (χ4n) is 4.07. The average molecular weight is 362 g/mol. The van der Waals surface area contributed by atoms with E-state index in [0.29, 0.717) is 29.5 Å². The van der Waals surface area contributed by atoms with Gasteiger partial charge in [0.05, 0.1) is 16.5 Å². The average Bonchev–Trinajstić information content (AvgIpc) is 3.31. The lowest BCUT2D eigenvalue weighted by Gasteiger charge is -2.27. The molecule has 0 bridgehead atoms. The molecule has 1 aliphatic carbocycles. The molecule has 1 saturated carbocycles. The molecule has 0 radical (unpaired) electrons. The Labute approximate surface area is 156 Å². The van der Waals surface area contributed by atoms with Crippen molar-refractivity contribution < 1.29 is 13.9 Å². The Hall–Kier alpha value is -3.13. The summed E-state index contributed by atoms with van der Waals surface area (Å²) in [5, 5.41) is 9.50. The zero-order valence-electron chi connectivity index (χ0n) is 14.8. The zero-order chi connectivity index (χ0) is 18.9. The van der Waals surface area contributed by atoms with Gasteiger partial charge in [-0.15, -0.1) is 0 Å². The predicted octanol–water partition coefficient (Wildman–Crippen LogP) is 4.51. The highest BCUT2D eigenvalue weighted by Gasteiger charge is 2.44. The summed E-state index contributed by atoms with van der Waals surface area (Å²) < 4.78 is 21.2. The number of nitrogens with zero attached hydrogens (tertiary/aromatic N) is 2. The lowest BCUT2D eigenvalue weighted by atomic mass is 9.79. The van der Waals surface area contributed by atoms with Crippen molar-refractivity contribution in [3.63, 3.8) is 0 Å². The van der Waals surface area contributed by atoms with Crippen molar-refractivity contribution in [1.82, 2.24) is 4.40 Å². The number of aromatic nitrogens is 1. The minimum Gasteiger partial charge on any atom is -0.460 e. The van der Waals surface area contributed by atoms with Crippen LogP contribution >= 0.6 is 0 Å². The van der Waals surface area contributed by atoms with E-state index in [1.54, 1.807) is 12.1 Å². The largest absolute Gasteiger partial charge is 0.460 e. The van der Waals surface area contributed by atoms with Crippen molar-refractivity contribution >= 4 is 11.5 Å². The third-order valence-electron chi connectivity index (χ3n) is 5.46. The lowest BCUT2D eigenvalue weighted by Crippen LogP contribution is -2.34. The van der Waals surface area contributed by atoms with Gasteiger partial charge in [-0.1, -0.05) is 31.0 Å². The zero-order valence-corrected chi connectivity index (χ0v) is 14.8. The summed E-state index contributed by atoms with van der Waals surface area (Å²) in [5.74, 6) is -0.693. The quantitative estimate of drug-likeness (QED) is 0.642. The Morgan fingerprint density at radius 3 is 2.78 bits per heavy atom. The molecule has 0 saturated heterocycles. The number of hydrogen-bond acceptors (Lipinski definition) is 3. The van der Waals surface area contributed by atoms with Gasteiger partial charge in [-0.25, -0.2) is 4.39 Å². The Bertz CT molecular complexity index is 1040. The smallest absolute Gasteiger partial charge is 0.316 e. The maximum atomic E-state index is 13.7. The minimum absolute atomic E-state index is 0.0282. The lowest BCUT2D eigenvalue weighted by molar-refractivity contribution is -0.152. The summed E-state index contributed by atoms with van der Waals surface area (Å²) in [7, 11) is 0. The number of hydrogen-bond donors (Lipinski definition) is 0. The monoisotopic (exact) mass is 362 g/mol. The number of halogens is 1. The number of esters is 1. The Balaban J connectivity index is 1.61. The fraction of sp³-hybridized carbons (Fsp3) is 0.273. The highest BCUT2D eigenvalue weighted by molar-refractivity contribution is 5.83. The molecule has 1 fully saturated rings. The summed E-state index contributed by atoms with van der Waals surface area (Å²) in [6.07, 6.45) is 6.78. The van der Waals surface area contributed by atoms with Gasteiger partial charge >= 0.3 is 5.97 Å². The van der Waals surface area contributed by atoms with Crippen LogP contribution in [-0.2, 0) is 21.6 Å². The maximum Gasteiger partial charge on any atom is 0.316 e. The van der Waals surface area contributed by atoms with Crippen LogP contribution in [0.5, 0.6) is 0 Å². The van der Waals surface area contributed by atoms with Crippen LogP contribution < -0.4 is 0 Å². The number of fused-ring (bicyclic) bond motifs is 1. The number of nitriles is 1. The molecule has 1 aliphatic rings. The first-order chi connectivity index (χ1) is 13.1. The summed E-state index contributed by atoms with van der Waals surface area (Å²) in [6, 6.07) is 14.0. The Kier molecular flexibility index (Phi) is 4.41. The Morgan fingerprint density at radius 2 is 2.04 bits per heavy atom. The van der Waals surface area contributed by atoms with E-state index in [1.807, 2.05) is 35.0 Å². The van der Waals surface area contributed by atoms with Gasteiger partial charge in [0, 0.05) is 18.0 Å². The third kappa shape index (κ3) is 2.97. The normalized spacial score (nSPS) is 15.6. The highest BCUT2D eigenvalue weighted by atomic mass is 19.1. The second-order valence-corrected chi connectivity index (χ2v) is 7.01. The molecular weight excluding hydrogens is 343 g/mol. The number of carbonyl (C=O) groups excluding carboxylic acids is 1. The van der Waals surface area contributed by atoms with Crippen LogP contribution in [0.25, 0.3) is 5.52 Å². The van der Waals surface area contributed by atoms with Crippen molar-refractivity contribution in [1.29, 1.82) is 5.26 Å². The van der Waals surface area contributed by atoms with E-state index in [2.05, 4.69) is 6.07 Å². The topological polar surface area (TPSA) is 54.5 Å². The van der Waals surface area contributed by atoms with Gasteiger partial charge < -0.3 is 9.14 Å². The highest BCUT2D eigenvalue weighted by Crippen LogP contribution is 2.42. The maximum absolute atomic E-state index is 13.7. The van der Waals surface area contributed by atoms with Crippen LogP contribution in [0.15, 0.2) is 54.9 Å². The molecular formula is C22H19FN2O2. The van der Waals surface area contributed by atoms with Gasteiger partial charge in [-0.3, -0.25) is 4.79 Å². The van der Waals surface area contributed by atoms with E-state index in [4.69, 9.17) is 4.74 Å². The molecule has 5 heteroatoms. The minimum atomic E-state index is -0.798. The number of carbonyl (C=O) groups is 1. The summed E-state index contributed by atoms with van der Waals surface area (Å²) in [4.78, 5) is 13.0. The molecule has 2 heterocycles. The Morgan fingerprint density at radius 1 is 1.22 bits per heavy atom. The molecule has 4 nitrogen and oxygen atoms in total. The summed E-state index contributed by atoms with van der Waals surface area (Å²) >= 11 is 0. The molecule has 0 spiro atoms. The summed E-state index contributed by atoms with van der Waals surface area (Å²) in [6.45, 7) is 0.0282. The fourth-order valence-corrected chi connectivity index (χ4v) is 4.07. The molecule has 0 aliphatic heterocycles. The molecule has 0 atom stereocenters. The molecule has 1 aromatic carbocycles. The standard InChI is InChI=1S/C22H19FN2O2/c23-18-7-5-6-17(12-18)22(9-2-3-10-22)21(26)27-15-16-14-25-11-4-1-8-20(25)19(16)13-24/h1,4-8,11-12,14H,2-3,9-10,15H2. The molecule has 3 aromatic rings. The molecule has 136 valence electrons. The van der Waals surface area contributed by atoms with Gasteiger partial charge in [-0.05, 0) is 42.7 Å². The first-order valence-electron chi connectivity index (χ1n) is 9.06. The predicted molar refractivity (Wildman–Crippen MR) is 98.5 cm³/mol. The van der Waals surface area contributed by atoms with Crippen molar-refractivity contribution in [3.8, 4) is 6.07 Å². The second-order valence-electron chi connectivity index (χ2n) is 7.01. The number of ether oxygens (including phenoxy) is 1. The van der Waals surface area contributed by atoms with E-state index < -0.39 is 5.41 Å². The van der Waals surface area contributed by atoms with Crippen LogP contribution in [0, 0.1) is 17.1 Å². The number of benzene rings is 1. The van der Waals surface area contributed by atoms with E-state index in [1.165, 1.54) is 12.1 Å². The summed E-state index contributed by atoms with van der Waals surface area (Å²) in [5.41, 5.74) is 1.84. The first-order valence-corrected chi connectivity index (χ1v) is 9.06. The third-order valence-corrected chi connectivity index (χ3v) is 5.46. The molecule has 0 amide bonds. The van der Waals surface area contributed by atoms with Crippen LogP contribution in [-0.4, -0.2) is 10.4 Å². The van der Waals surface area contributed by atoms with Crippen LogP contribution in [0.1, 0.15) is 42.4 Å². The van der Waals surface area contributed by atoms with E-state index in [0.717, 1.165) is 18.4 Å². The van der Waals surface area contributed by atoms with Crippen molar-refractivity contribution in [2.75, 3.05) is 0 Å². The van der Waals surface area contributed by atoms with Crippen LogP contribution in [0.3, 0.4) is 0 Å². The van der Waals surface area contributed by atoms with Crippen LogP contribution in [0.4, 0.5) is 4.39 Å².